The fourth-order valence-electron chi connectivity index (χ4n) is 2.66. The number of primary sulfonamides is 1. The number of carbonyl (C=O) groups is 2. The number of amides is 1. The summed E-state index contributed by atoms with van der Waals surface area (Å²) in [5.41, 5.74) is -0.581. The molecule has 1 fully saturated rings. The third-order valence-electron chi connectivity index (χ3n) is 4.04. The molecule has 1 amide bonds. The lowest BCUT2D eigenvalue weighted by molar-refractivity contribution is -0.139. The molecule has 25 heavy (non-hydrogen) atoms. The van der Waals surface area contributed by atoms with Crippen LogP contribution in [0.1, 0.15) is 43.0 Å². The predicted molar refractivity (Wildman–Crippen MR) is 87.7 cm³/mol. The van der Waals surface area contributed by atoms with E-state index >= 15 is 0 Å². The van der Waals surface area contributed by atoms with Crippen LogP contribution in [-0.2, 0) is 19.6 Å². The molecule has 0 saturated carbocycles. The second kappa shape index (κ2) is 7.92. The molecule has 9 heteroatoms. The number of halogens is 1. The number of esters is 1. The Kier molecular flexibility index (Phi) is 6.12. The van der Waals surface area contributed by atoms with Crippen molar-refractivity contribution < 1.29 is 27.1 Å². The number of likely N-dealkylation sites (tertiary alicyclic amines) is 1. The highest BCUT2D eigenvalue weighted by molar-refractivity contribution is 7.89. The molecule has 2 rings (SSSR count). The molecular weight excluding hydrogens is 351 g/mol. The van der Waals surface area contributed by atoms with Gasteiger partial charge in [0, 0.05) is 13.1 Å². The van der Waals surface area contributed by atoms with Crippen LogP contribution in [0.5, 0.6) is 0 Å². The first kappa shape index (κ1) is 19.3. The monoisotopic (exact) mass is 372 g/mol. The van der Waals surface area contributed by atoms with E-state index in [1.54, 1.807) is 4.90 Å². The maximum atomic E-state index is 13.8. The lowest BCUT2D eigenvalue weighted by Gasteiger charge is -2.24. The zero-order valence-electron chi connectivity index (χ0n) is 13.9. The molecule has 1 aromatic rings. The van der Waals surface area contributed by atoms with Crippen LogP contribution in [-0.4, -0.2) is 44.4 Å². The van der Waals surface area contributed by atoms with Crippen molar-refractivity contribution in [1.29, 1.82) is 0 Å². The predicted octanol–water partition coefficient (Wildman–Crippen LogP) is 1.42. The van der Waals surface area contributed by atoms with Crippen molar-refractivity contribution in [2.45, 2.75) is 43.6 Å². The van der Waals surface area contributed by atoms with Crippen molar-refractivity contribution in [2.24, 2.45) is 5.14 Å². The van der Waals surface area contributed by atoms with Crippen LogP contribution in [0, 0.1) is 5.82 Å². The first-order chi connectivity index (χ1) is 11.7. The molecule has 0 aromatic heterocycles. The number of hydrogen-bond donors (Lipinski definition) is 1. The van der Waals surface area contributed by atoms with E-state index < -0.39 is 38.4 Å². The normalized spacial score (nSPS) is 16.8. The molecule has 0 spiro atoms. The molecule has 1 heterocycles. The standard InChI is InChI=1S/C16H21FN2O5S/c1-11(15(20)19-8-4-2-3-5-9-19)24-16(21)13-10-12(25(18,22)23)6-7-14(13)17/h6-7,10-11H,2-5,8-9H2,1H3,(H2,18,22,23)/t11-/m1/s1. The van der Waals surface area contributed by atoms with E-state index in [1.807, 2.05) is 0 Å². The average molecular weight is 372 g/mol. The number of nitrogens with two attached hydrogens (primary N) is 1. The van der Waals surface area contributed by atoms with Gasteiger partial charge in [-0.3, -0.25) is 4.79 Å². The van der Waals surface area contributed by atoms with Crippen LogP contribution >= 0.6 is 0 Å². The molecule has 2 N–H and O–H groups in total. The summed E-state index contributed by atoms with van der Waals surface area (Å²) in [4.78, 5) is 25.7. The number of ether oxygens (including phenoxy) is 1. The van der Waals surface area contributed by atoms with E-state index in [-0.39, 0.29) is 5.91 Å². The maximum Gasteiger partial charge on any atom is 0.341 e. The average Bonchev–Trinajstić information content (AvgIpc) is 2.82. The van der Waals surface area contributed by atoms with E-state index in [0.29, 0.717) is 13.1 Å². The van der Waals surface area contributed by atoms with Crippen LogP contribution in [0.3, 0.4) is 0 Å². The van der Waals surface area contributed by atoms with Crippen LogP contribution in [0.4, 0.5) is 4.39 Å². The Morgan fingerprint density at radius 3 is 2.36 bits per heavy atom. The summed E-state index contributed by atoms with van der Waals surface area (Å²) in [6.45, 7) is 2.60. The molecular formula is C16H21FN2O5S. The summed E-state index contributed by atoms with van der Waals surface area (Å²) in [5, 5.41) is 4.97. The Labute approximate surface area is 146 Å². The van der Waals surface area contributed by atoms with Gasteiger partial charge in [0.1, 0.15) is 5.82 Å². The first-order valence-corrected chi connectivity index (χ1v) is 9.57. The van der Waals surface area contributed by atoms with E-state index in [1.165, 1.54) is 6.92 Å². The molecule has 7 nitrogen and oxygen atoms in total. The number of sulfonamides is 1. The van der Waals surface area contributed by atoms with Gasteiger partial charge < -0.3 is 9.64 Å². The van der Waals surface area contributed by atoms with Gasteiger partial charge in [0.05, 0.1) is 10.5 Å². The van der Waals surface area contributed by atoms with E-state index in [4.69, 9.17) is 9.88 Å². The van der Waals surface area contributed by atoms with Gasteiger partial charge in [-0.05, 0) is 38.0 Å². The minimum atomic E-state index is -4.09. The second-order valence-corrected chi connectivity index (χ2v) is 7.54. The molecule has 1 aliphatic heterocycles. The van der Waals surface area contributed by atoms with Gasteiger partial charge in [0.25, 0.3) is 5.91 Å². The molecule has 1 aliphatic rings. The number of carbonyl (C=O) groups excluding carboxylic acids is 2. The van der Waals surface area contributed by atoms with Gasteiger partial charge in [-0.2, -0.15) is 0 Å². The summed E-state index contributed by atoms with van der Waals surface area (Å²) in [7, 11) is -4.09. The Balaban J connectivity index is 2.11. The second-order valence-electron chi connectivity index (χ2n) is 5.97. The lowest BCUT2D eigenvalue weighted by Crippen LogP contribution is -2.40. The van der Waals surface area contributed by atoms with Gasteiger partial charge in [-0.25, -0.2) is 22.7 Å². The Morgan fingerprint density at radius 1 is 1.20 bits per heavy atom. The third-order valence-corrected chi connectivity index (χ3v) is 4.95. The lowest BCUT2D eigenvalue weighted by atomic mass is 10.2. The van der Waals surface area contributed by atoms with Gasteiger partial charge in [-0.1, -0.05) is 12.8 Å². The van der Waals surface area contributed by atoms with Gasteiger partial charge in [-0.15, -0.1) is 0 Å². The first-order valence-electron chi connectivity index (χ1n) is 8.02. The Bertz CT molecular complexity index is 758. The van der Waals surface area contributed by atoms with Crippen LogP contribution in [0.2, 0.25) is 0 Å². The fourth-order valence-corrected chi connectivity index (χ4v) is 3.20. The summed E-state index contributed by atoms with van der Waals surface area (Å²) >= 11 is 0. The van der Waals surface area contributed by atoms with Gasteiger partial charge >= 0.3 is 5.97 Å². The maximum absolute atomic E-state index is 13.8. The topological polar surface area (TPSA) is 107 Å². The molecule has 0 unspecified atom stereocenters. The van der Waals surface area contributed by atoms with E-state index in [9.17, 15) is 22.4 Å². The van der Waals surface area contributed by atoms with Crippen LogP contribution < -0.4 is 5.14 Å². The van der Waals surface area contributed by atoms with Gasteiger partial charge in [0.15, 0.2) is 6.10 Å². The van der Waals surface area contributed by atoms with Crippen molar-refractivity contribution in [3.8, 4) is 0 Å². The summed E-state index contributed by atoms with van der Waals surface area (Å²) < 4.78 is 41.5. The Hall–Kier alpha value is -2.00. The van der Waals surface area contributed by atoms with Crippen molar-refractivity contribution in [1.82, 2.24) is 4.90 Å². The highest BCUT2D eigenvalue weighted by Crippen LogP contribution is 2.17. The van der Waals surface area contributed by atoms with Crippen molar-refractivity contribution in [3.05, 3.63) is 29.6 Å². The highest BCUT2D eigenvalue weighted by Gasteiger charge is 2.26. The zero-order chi connectivity index (χ0) is 18.6. The fraction of sp³-hybridized carbons (Fsp3) is 0.500. The number of rotatable bonds is 4. The number of benzene rings is 1. The largest absolute Gasteiger partial charge is 0.449 e. The quantitative estimate of drug-likeness (QED) is 0.805. The van der Waals surface area contributed by atoms with Gasteiger partial charge in [0.2, 0.25) is 10.0 Å². The minimum absolute atomic E-state index is 0.349. The SMILES string of the molecule is C[C@@H](OC(=O)c1cc(S(N)(=O)=O)ccc1F)C(=O)N1CCCCCC1. The highest BCUT2D eigenvalue weighted by atomic mass is 32.2. The van der Waals surface area contributed by atoms with Crippen molar-refractivity contribution >= 4 is 21.9 Å². The molecule has 138 valence electrons. The van der Waals surface area contributed by atoms with Crippen molar-refractivity contribution in [3.63, 3.8) is 0 Å². The van der Waals surface area contributed by atoms with E-state index in [2.05, 4.69) is 0 Å². The van der Waals surface area contributed by atoms with Crippen molar-refractivity contribution in [2.75, 3.05) is 13.1 Å². The van der Waals surface area contributed by atoms with Crippen LogP contribution in [0.25, 0.3) is 0 Å². The smallest absolute Gasteiger partial charge is 0.341 e. The molecule has 0 bridgehead atoms. The molecule has 0 radical (unpaired) electrons. The Morgan fingerprint density at radius 2 is 1.80 bits per heavy atom. The van der Waals surface area contributed by atoms with E-state index in [0.717, 1.165) is 43.9 Å². The van der Waals surface area contributed by atoms with Crippen LogP contribution in [0.15, 0.2) is 23.1 Å². The zero-order valence-corrected chi connectivity index (χ0v) is 14.7. The number of nitrogens with zero attached hydrogens (tertiary/aromatic N) is 1. The molecule has 0 aliphatic carbocycles. The number of hydrogen-bond acceptors (Lipinski definition) is 5. The third kappa shape index (κ3) is 4.99. The molecule has 1 aromatic carbocycles. The summed E-state index contributed by atoms with van der Waals surface area (Å²) in [5.74, 6) is -2.41. The summed E-state index contributed by atoms with van der Waals surface area (Å²) in [6.07, 6.45) is 2.77. The minimum Gasteiger partial charge on any atom is -0.449 e. The summed E-state index contributed by atoms with van der Waals surface area (Å²) in [6, 6.07) is 2.57. The molecule has 1 atom stereocenters. The molecule has 1 saturated heterocycles.